The number of phenols is 1. The molecule has 1 aromatic heterocycles. The van der Waals surface area contributed by atoms with E-state index in [-0.39, 0.29) is 57.8 Å². The maximum Gasteiger partial charge on any atom is 0.261 e. The minimum atomic E-state index is -0.685. The maximum absolute atomic E-state index is 14.9. The molecule has 0 spiro atoms. The van der Waals surface area contributed by atoms with Crippen molar-refractivity contribution in [1.29, 1.82) is 0 Å². The van der Waals surface area contributed by atoms with Crippen LogP contribution in [0, 0.1) is 5.82 Å². The molecule has 0 radical (unpaired) electrons. The third-order valence-electron chi connectivity index (χ3n) is 6.99. The van der Waals surface area contributed by atoms with Gasteiger partial charge in [0.1, 0.15) is 40.3 Å². The Morgan fingerprint density at radius 2 is 2.09 bits per heavy atom. The van der Waals surface area contributed by atoms with E-state index in [1.807, 2.05) is 11.8 Å². The van der Waals surface area contributed by atoms with E-state index >= 15 is 0 Å². The number of anilines is 1. The highest BCUT2D eigenvalue weighted by atomic mass is 35.5. The number of amides is 2. The predicted octanol–water partition coefficient (Wildman–Crippen LogP) is 3.47. The number of fused-ring (bicyclic) bond motifs is 2. The molecule has 3 aliphatic rings. The number of hydrogen-bond donors (Lipinski definition) is 1. The summed E-state index contributed by atoms with van der Waals surface area (Å²) in [6, 6.07) is 3.68. The first-order valence-corrected chi connectivity index (χ1v) is 12.0. The summed E-state index contributed by atoms with van der Waals surface area (Å²) in [6.07, 6.45) is 3.09. The van der Waals surface area contributed by atoms with E-state index in [9.17, 15) is 19.1 Å². The Labute approximate surface area is 207 Å². The van der Waals surface area contributed by atoms with Crippen LogP contribution in [-0.2, 0) is 4.79 Å². The lowest BCUT2D eigenvalue weighted by molar-refractivity contribution is -0.128. The average Bonchev–Trinajstić information content (AvgIpc) is 3.21. The molecule has 2 amide bonds. The summed E-state index contributed by atoms with van der Waals surface area (Å²) >= 11 is 6.72. The minimum Gasteiger partial charge on any atom is -0.507 e. The van der Waals surface area contributed by atoms with Crippen molar-refractivity contribution < 1.29 is 23.8 Å². The fourth-order valence-corrected chi connectivity index (χ4v) is 5.43. The van der Waals surface area contributed by atoms with Gasteiger partial charge in [-0.15, -0.1) is 0 Å². The molecular weight excluding hydrogens is 475 g/mol. The molecule has 2 saturated heterocycles. The van der Waals surface area contributed by atoms with Crippen molar-refractivity contribution >= 4 is 29.2 Å². The summed E-state index contributed by atoms with van der Waals surface area (Å²) in [6.45, 7) is 7.36. The second kappa shape index (κ2) is 9.03. The number of aromatic nitrogens is 1. The number of ether oxygens (including phenoxy) is 1. The van der Waals surface area contributed by atoms with E-state index in [1.165, 1.54) is 24.3 Å². The number of piperazine rings is 1. The van der Waals surface area contributed by atoms with Crippen LogP contribution in [0.15, 0.2) is 30.9 Å². The minimum absolute atomic E-state index is 0.0197. The van der Waals surface area contributed by atoms with Crippen molar-refractivity contribution in [3.8, 4) is 22.8 Å². The van der Waals surface area contributed by atoms with Crippen molar-refractivity contribution in [1.82, 2.24) is 14.8 Å². The van der Waals surface area contributed by atoms with Gasteiger partial charge in [0.2, 0.25) is 5.91 Å². The van der Waals surface area contributed by atoms with Crippen LogP contribution in [0.4, 0.5) is 10.2 Å². The number of pyridine rings is 1. The summed E-state index contributed by atoms with van der Waals surface area (Å²) < 4.78 is 21.0. The molecule has 10 heteroatoms. The van der Waals surface area contributed by atoms with E-state index in [0.717, 1.165) is 12.8 Å². The van der Waals surface area contributed by atoms with Gasteiger partial charge in [0.25, 0.3) is 5.91 Å². The fraction of sp³-hybridized carbons (Fsp3) is 0.400. The van der Waals surface area contributed by atoms with Gasteiger partial charge < -0.3 is 24.5 Å². The predicted molar refractivity (Wildman–Crippen MR) is 129 cm³/mol. The third kappa shape index (κ3) is 3.87. The Balaban J connectivity index is 1.67. The summed E-state index contributed by atoms with van der Waals surface area (Å²) in [7, 11) is 0. The lowest BCUT2D eigenvalue weighted by atomic mass is 10.0. The molecule has 5 rings (SSSR count). The molecule has 0 bridgehead atoms. The molecule has 2 atom stereocenters. The summed E-state index contributed by atoms with van der Waals surface area (Å²) in [5.74, 6) is -1.01. The number of aromatic hydroxyl groups is 1. The molecule has 0 saturated carbocycles. The molecule has 2 fully saturated rings. The van der Waals surface area contributed by atoms with Crippen molar-refractivity contribution in [3.63, 3.8) is 0 Å². The summed E-state index contributed by atoms with van der Waals surface area (Å²) in [5.41, 5.74) is 0.106. The van der Waals surface area contributed by atoms with Crippen LogP contribution in [0.25, 0.3) is 11.3 Å². The van der Waals surface area contributed by atoms with E-state index in [0.29, 0.717) is 32.0 Å². The fourth-order valence-electron chi connectivity index (χ4n) is 5.14. The highest BCUT2D eigenvalue weighted by Gasteiger charge is 2.41. The van der Waals surface area contributed by atoms with Crippen LogP contribution in [0.3, 0.4) is 0 Å². The van der Waals surface area contributed by atoms with Crippen LogP contribution < -0.4 is 9.64 Å². The van der Waals surface area contributed by atoms with Gasteiger partial charge in [0.05, 0.1) is 11.6 Å². The van der Waals surface area contributed by atoms with Crippen molar-refractivity contribution in [2.24, 2.45) is 0 Å². The monoisotopic (exact) mass is 500 g/mol. The van der Waals surface area contributed by atoms with Gasteiger partial charge in [-0.05, 0) is 38.0 Å². The van der Waals surface area contributed by atoms with Gasteiger partial charge in [0.15, 0.2) is 5.75 Å². The zero-order valence-electron chi connectivity index (χ0n) is 19.3. The lowest BCUT2D eigenvalue weighted by Crippen LogP contribution is -2.57. The molecule has 1 aromatic carbocycles. The molecular formula is C25H26ClFN4O4. The van der Waals surface area contributed by atoms with Crippen LogP contribution in [-0.4, -0.2) is 76.6 Å². The second-order valence-corrected chi connectivity index (χ2v) is 9.45. The number of nitrogens with zero attached hydrogens (tertiary/aromatic N) is 4. The van der Waals surface area contributed by atoms with Crippen molar-refractivity contribution in [2.75, 3.05) is 37.7 Å². The Bertz CT molecular complexity index is 1200. The zero-order valence-corrected chi connectivity index (χ0v) is 20.1. The Hall–Kier alpha value is -3.33. The first-order chi connectivity index (χ1) is 16.8. The quantitative estimate of drug-likeness (QED) is 0.649. The van der Waals surface area contributed by atoms with Crippen LogP contribution in [0.1, 0.15) is 30.1 Å². The number of carbonyl (C=O) groups is 2. The Kier molecular flexibility index (Phi) is 6.04. The smallest absolute Gasteiger partial charge is 0.261 e. The topological polar surface area (TPSA) is 86.2 Å². The molecule has 3 aliphatic heterocycles. The number of hydrogen-bond acceptors (Lipinski definition) is 6. The van der Waals surface area contributed by atoms with Crippen molar-refractivity contribution in [3.05, 3.63) is 47.3 Å². The van der Waals surface area contributed by atoms with Gasteiger partial charge in [-0.25, -0.2) is 9.37 Å². The molecule has 4 heterocycles. The number of rotatable bonds is 3. The van der Waals surface area contributed by atoms with E-state index in [4.69, 9.17) is 16.3 Å². The first kappa shape index (κ1) is 23.4. The van der Waals surface area contributed by atoms with Crippen molar-refractivity contribution in [2.45, 2.75) is 31.8 Å². The highest BCUT2D eigenvalue weighted by Crippen LogP contribution is 2.46. The van der Waals surface area contributed by atoms with E-state index in [2.05, 4.69) is 11.6 Å². The number of benzene rings is 1. The van der Waals surface area contributed by atoms with Crippen LogP contribution in [0.5, 0.6) is 11.5 Å². The van der Waals surface area contributed by atoms with Gasteiger partial charge in [-0.1, -0.05) is 24.2 Å². The SMILES string of the molecule is C=CC(=O)N1CCN2C(=O)c3c(N4CCC[C@@H]4C)nc(-c4c(O)cccc4F)c(Cl)c3OC[C@H]2C1. The molecule has 0 aliphatic carbocycles. The van der Waals surface area contributed by atoms with Gasteiger partial charge in [-0.2, -0.15) is 0 Å². The van der Waals surface area contributed by atoms with E-state index in [1.54, 1.807) is 9.80 Å². The molecule has 2 aromatic rings. The number of phenolic OH excluding ortho intramolecular Hbond substituents is 1. The zero-order chi connectivity index (χ0) is 24.9. The van der Waals surface area contributed by atoms with Crippen LogP contribution in [0.2, 0.25) is 5.02 Å². The largest absolute Gasteiger partial charge is 0.507 e. The average molecular weight is 501 g/mol. The molecule has 8 nitrogen and oxygen atoms in total. The standard InChI is InChI=1S/C25H26ClFN4O4/c1-3-18(33)29-10-11-31-15(12-29)13-35-23-20(25(31)34)24(30-9-5-6-14(30)2)28-22(21(23)26)19-16(27)7-4-8-17(19)32/h3-4,7-8,14-15,32H,1,5-6,9-13H2,2H3/t14-,15+/m0/s1. The van der Waals surface area contributed by atoms with Crippen LogP contribution >= 0.6 is 11.6 Å². The maximum atomic E-state index is 14.9. The normalized spacial score (nSPS) is 21.8. The lowest BCUT2D eigenvalue weighted by Gasteiger charge is -2.39. The van der Waals surface area contributed by atoms with E-state index < -0.39 is 11.9 Å². The molecule has 184 valence electrons. The Morgan fingerprint density at radius 3 is 2.77 bits per heavy atom. The highest BCUT2D eigenvalue weighted by molar-refractivity contribution is 6.35. The number of halogens is 2. The Morgan fingerprint density at radius 1 is 1.29 bits per heavy atom. The molecule has 35 heavy (non-hydrogen) atoms. The van der Waals surface area contributed by atoms with Gasteiger partial charge in [0, 0.05) is 32.2 Å². The molecule has 1 N–H and O–H groups in total. The first-order valence-electron chi connectivity index (χ1n) is 11.6. The summed E-state index contributed by atoms with van der Waals surface area (Å²) in [5, 5.41) is 10.4. The van der Waals surface area contributed by atoms with Gasteiger partial charge >= 0.3 is 0 Å². The third-order valence-corrected chi connectivity index (χ3v) is 7.34. The van der Waals surface area contributed by atoms with Gasteiger partial charge in [-0.3, -0.25) is 9.59 Å². The second-order valence-electron chi connectivity index (χ2n) is 9.07. The number of carbonyl (C=O) groups excluding carboxylic acids is 2. The summed E-state index contributed by atoms with van der Waals surface area (Å²) in [4.78, 5) is 36.1. The molecule has 0 unspecified atom stereocenters.